The second kappa shape index (κ2) is 2.06. The lowest BCUT2D eigenvalue weighted by Gasteiger charge is -2.62. The SMILES string of the molecule is c1ccc(CN2CC34CC2(C3)C4)cc1. The first-order valence-electron chi connectivity index (χ1n) is 5.60. The van der Waals surface area contributed by atoms with E-state index in [0.717, 1.165) is 5.41 Å². The maximum absolute atomic E-state index is 2.72. The molecule has 3 saturated heterocycles. The Hall–Kier alpha value is -0.820. The van der Waals surface area contributed by atoms with Crippen LogP contribution in [0.25, 0.3) is 0 Å². The van der Waals surface area contributed by atoms with E-state index in [1.807, 2.05) is 0 Å². The molecule has 1 heteroatoms. The minimum Gasteiger partial charge on any atom is -0.293 e. The predicted octanol–water partition coefficient (Wildman–Crippen LogP) is 2.42. The van der Waals surface area contributed by atoms with Crippen LogP contribution in [-0.2, 0) is 6.54 Å². The molecule has 0 atom stereocenters. The summed E-state index contributed by atoms with van der Waals surface area (Å²) in [6.45, 7) is 2.56. The van der Waals surface area contributed by atoms with E-state index in [-0.39, 0.29) is 0 Å². The number of nitrogens with zero attached hydrogens (tertiary/aromatic N) is 1. The summed E-state index contributed by atoms with van der Waals surface area (Å²) >= 11 is 0. The summed E-state index contributed by atoms with van der Waals surface area (Å²) in [7, 11) is 0. The van der Waals surface area contributed by atoms with E-state index < -0.39 is 0 Å². The van der Waals surface area contributed by atoms with Gasteiger partial charge >= 0.3 is 0 Å². The molecule has 72 valence electrons. The molecule has 2 bridgehead atoms. The van der Waals surface area contributed by atoms with Crippen LogP contribution in [0, 0.1) is 5.41 Å². The Bertz CT molecular complexity index is 362. The average molecular weight is 185 g/mol. The normalized spacial score (nSPS) is 43.1. The van der Waals surface area contributed by atoms with Crippen LogP contribution in [0.15, 0.2) is 30.3 Å². The maximum atomic E-state index is 2.72. The van der Waals surface area contributed by atoms with Crippen LogP contribution in [0.4, 0.5) is 0 Å². The maximum Gasteiger partial charge on any atom is 0.0239 e. The van der Waals surface area contributed by atoms with Crippen molar-refractivity contribution in [2.75, 3.05) is 6.54 Å². The van der Waals surface area contributed by atoms with Crippen LogP contribution in [0.3, 0.4) is 0 Å². The molecule has 0 amide bonds. The van der Waals surface area contributed by atoms with E-state index in [9.17, 15) is 0 Å². The lowest BCUT2D eigenvalue weighted by molar-refractivity contribution is -0.0906. The molecule has 7 rings (SSSR count). The molecule has 0 radical (unpaired) electrons. The van der Waals surface area contributed by atoms with Crippen molar-refractivity contribution in [2.24, 2.45) is 5.41 Å². The molecule has 3 aliphatic heterocycles. The third kappa shape index (κ3) is 0.718. The van der Waals surface area contributed by atoms with Crippen LogP contribution in [0.5, 0.6) is 0 Å². The fraction of sp³-hybridized carbons (Fsp3) is 0.538. The van der Waals surface area contributed by atoms with Crippen molar-refractivity contribution < 1.29 is 0 Å². The highest BCUT2D eigenvalue weighted by Crippen LogP contribution is 2.76. The Kier molecular flexibility index (Phi) is 1.10. The summed E-state index contributed by atoms with van der Waals surface area (Å²) in [6.07, 6.45) is 4.52. The first kappa shape index (κ1) is 7.47. The smallest absolute Gasteiger partial charge is 0.0239 e. The minimum atomic E-state index is 0.676. The third-order valence-corrected chi connectivity index (χ3v) is 4.53. The summed E-state index contributed by atoms with van der Waals surface area (Å²) < 4.78 is 0. The third-order valence-electron chi connectivity index (χ3n) is 4.53. The zero-order valence-corrected chi connectivity index (χ0v) is 8.37. The highest BCUT2D eigenvalue weighted by molar-refractivity contribution is 5.32. The number of rotatable bonds is 2. The molecular formula is C13H15N. The van der Waals surface area contributed by atoms with E-state index in [2.05, 4.69) is 35.2 Å². The molecule has 0 N–H and O–H groups in total. The molecule has 3 saturated carbocycles. The topological polar surface area (TPSA) is 3.24 Å². The highest BCUT2D eigenvalue weighted by Gasteiger charge is 2.76. The van der Waals surface area contributed by atoms with Gasteiger partial charge in [0.2, 0.25) is 0 Å². The average Bonchev–Trinajstić information content (AvgIpc) is 2.64. The number of hydrogen-bond donors (Lipinski definition) is 0. The van der Waals surface area contributed by atoms with Crippen LogP contribution in [0.1, 0.15) is 24.8 Å². The first-order valence-corrected chi connectivity index (χ1v) is 5.60. The first-order chi connectivity index (χ1) is 6.80. The van der Waals surface area contributed by atoms with Gasteiger partial charge in [0.05, 0.1) is 0 Å². The van der Waals surface area contributed by atoms with E-state index in [1.165, 1.54) is 37.9 Å². The molecule has 1 aromatic carbocycles. The minimum absolute atomic E-state index is 0.676. The van der Waals surface area contributed by atoms with Gasteiger partial charge in [-0.1, -0.05) is 30.3 Å². The molecule has 6 fully saturated rings. The zero-order chi connectivity index (χ0) is 9.23. The fourth-order valence-corrected chi connectivity index (χ4v) is 4.04. The molecule has 6 aliphatic rings. The summed E-state index contributed by atoms with van der Waals surface area (Å²) in [4.78, 5) is 2.72. The van der Waals surface area contributed by atoms with Crippen molar-refractivity contribution in [3.8, 4) is 0 Å². The Morgan fingerprint density at radius 2 is 1.79 bits per heavy atom. The molecule has 3 heterocycles. The molecule has 1 nitrogen and oxygen atoms in total. The van der Waals surface area contributed by atoms with Crippen LogP contribution < -0.4 is 0 Å². The van der Waals surface area contributed by atoms with Gasteiger partial charge in [-0.15, -0.1) is 0 Å². The lowest BCUT2D eigenvalue weighted by atomic mass is 9.44. The van der Waals surface area contributed by atoms with Gasteiger partial charge in [0, 0.05) is 18.6 Å². The van der Waals surface area contributed by atoms with Crippen molar-refractivity contribution >= 4 is 0 Å². The summed E-state index contributed by atoms with van der Waals surface area (Å²) in [5, 5.41) is 0. The van der Waals surface area contributed by atoms with E-state index in [4.69, 9.17) is 0 Å². The van der Waals surface area contributed by atoms with Gasteiger partial charge in [-0.05, 0) is 30.2 Å². The van der Waals surface area contributed by atoms with Gasteiger partial charge in [-0.2, -0.15) is 0 Å². The Morgan fingerprint density at radius 1 is 1.07 bits per heavy atom. The molecule has 3 aliphatic carbocycles. The monoisotopic (exact) mass is 185 g/mol. The molecule has 1 aromatic rings. The Morgan fingerprint density at radius 3 is 2.36 bits per heavy atom. The Labute approximate surface area is 84.7 Å². The second-order valence-electron chi connectivity index (χ2n) is 5.60. The van der Waals surface area contributed by atoms with Crippen molar-refractivity contribution in [1.29, 1.82) is 0 Å². The molecule has 0 aromatic heterocycles. The second-order valence-corrected chi connectivity index (χ2v) is 5.60. The largest absolute Gasteiger partial charge is 0.293 e. The summed E-state index contributed by atoms with van der Waals surface area (Å²) in [5.74, 6) is 0. The lowest BCUT2D eigenvalue weighted by Crippen LogP contribution is -2.62. The predicted molar refractivity (Wildman–Crippen MR) is 55.9 cm³/mol. The Balaban J connectivity index is 1.57. The van der Waals surface area contributed by atoms with Crippen molar-refractivity contribution in [1.82, 2.24) is 4.90 Å². The van der Waals surface area contributed by atoms with Crippen LogP contribution in [-0.4, -0.2) is 17.0 Å². The quantitative estimate of drug-likeness (QED) is 0.684. The van der Waals surface area contributed by atoms with Crippen LogP contribution in [0.2, 0.25) is 0 Å². The van der Waals surface area contributed by atoms with E-state index in [0.29, 0.717) is 5.54 Å². The summed E-state index contributed by atoms with van der Waals surface area (Å²) in [5.41, 5.74) is 2.96. The zero-order valence-electron chi connectivity index (χ0n) is 8.37. The molecule has 0 unspecified atom stereocenters. The van der Waals surface area contributed by atoms with E-state index in [1.54, 1.807) is 0 Å². The van der Waals surface area contributed by atoms with Gasteiger partial charge in [0.25, 0.3) is 0 Å². The van der Waals surface area contributed by atoms with Crippen LogP contribution >= 0.6 is 0 Å². The van der Waals surface area contributed by atoms with Gasteiger partial charge in [0.1, 0.15) is 0 Å². The van der Waals surface area contributed by atoms with Crippen molar-refractivity contribution in [3.63, 3.8) is 0 Å². The summed E-state index contributed by atoms with van der Waals surface area (Å²) in [6, 6.07) is 10.9. The highest BCUT2D eigenvalue weighted by atomic mass is 15.3. The fourth-order valence-electron chi connectivity index (χ4n) is 4.04. The molecule has 14 heavy (non-hydrogen) atoms. The van der Waals surface area contributed by atoms with Crippen molar-refractivity contribution in [2.45, 2.75) is 31.3 Å². The standard InChI is InChI=1S/C13H15N/c1-2-4-11(5-3-1)6-14-10-12-7-13(14,8-12)9-12/h1-5H,6-10H2. The van der Waals surface area contributed by atoms with Crippen molar-refractivity contribution in [3.05, 3.63) is 35.9 Å². The molecule has 0 spiro atoms. The number of hydrogen-bond acceptors (Lipinski definition) is 1. The molecular weight excluding hydrogens is 170 g/mol. The van der Waals surface area contributed by atoms with Gasteiger partial charge in [-0.25, -0.2) is 0 Å². The van der Waals surface area contributed by atoms with Gasteiger partial charge in [0.15, 0.2) is 0 Å². The van der Waals surface area contributed by atoms with E-state index >= 15 is 0 Å². The van der Waals surface area contributed by atoms with Gasteiger partial charge in [-0.3, -0.25) is 4.90 Å². The van der Waals surface area contributed by atoms with Gasteiger partial charge < -0.3 is 0 Å². The number of benzene rings is 1.